The van der Waals surface area contributed by atoms with Crippen LogP contribution in [0.5, 0.6) is 0 Å². The van der Waals surface area contributed by atoms with Crippen LogP contribution in [0.3, 0.4) is 0 Å². The highest BCUT2D eigenvalue weighted by atomic mass is 14.8. The lowest BCUT2D eigenvalue weighted by Gasteiger charge is -2.06. The zero-order valence-corrected chi connectivity index (χ0v) is 9.16. The number of hydrogen-bond donors (Lipinski definition) is 1. The lowest BCUT2D eigenvalue weighted by Crippen LogP contribution is -2.15. The van der Waals surface area contributed by atoms with E-state index in [4.69, 9.17) is 0 Å². The Kier molecular flexibility index (Phi) is 5.23. The molecule has 78 valence electrons. The number of hydrogen-bond acceptors (Lipinski definition) is 2. The van der Waals surface area contributed by atoms with E-state index in [2.05, 4.69) is 30.2 Å². The van der Waals surface area contributed by atoms with Crippen LogP contribution >= 0.6 is 0 Å². The van der Waals surface area contributed by atoms with Crippen molar-refractivity contribution in [2.75, 3.05) is 6.54 Å². The summed E-state index contributed by atoms with van der Waals surface area (Å²) in [5.74, 6) is 0.815. The van der Waals surface area contributed by atoms with Crippen molar-refractivity contribution in [3.63, 3.8) is 0 Å². The normalized spacial score (nSPS) is 10.8. The first-order valence-electron chi connectivity index (χ1n) is 5.38. The Bertz CT molecular complexity index is 231. The molecule has 0 unspecified atom stereocenters. The molecule has 0 saturated carbocycles. The van der Waals surface area contributed by atoms with Crippen molar-refractivity contribution in [2.24, 2.45) is 5.92 Å². The first-order valence-corrected chi connectivity index (χ1v) is 5.38. The predicted octanol–water partition coefficient (Wildman–Crippen LogP) is 2.61. The van der Waals surface area contributed by atoms with Gasteiger partial charge in [-0.1, -0.05) is 19.9 Å². The lowest BCUT2D eigenvalue weighted by atomic mass is 10.1. The quantitative estimate of drug-likeness (QED) is 0.701. The van der Waals surface area contributed by atoms with Crippen molar-refractivity contribution in [1.82, 2.24) is 10.3 Å². The molecule has 14 heavy (non-hydrogen) atoms. The fourth-order valence-corrected chi connectivity index (χ4v) is 1.37. The highest BCUT2D eigenvalue weighted by Crippen LogP contribution is 2.02. The zero-order valence-electron chi connectivity index (χ0n) is 9.16. The highest BCUT2D eigenvalue weighted by molar-refractivity contribution is 5.07. The average molecular weight is 192 g/mol. The van der Waals surface area contributed by atoms with E-state index in [1.165, 1.54) is 18.4 Å². The molecule has 1 rings (SSSR count). The van der Waals surface area contributed by atoms with Crippen molar-refractivity contribution in [3.05, 3.63) is 30.1 Å². The number of aromatic nitrogens is 1. The summed E-state index contributed by atoms with van der Waals surface area (Å²) in [7, 11) is 0. The maximum absolute atomic E-state index is 4.07. The van der Waals surface area contributed by atoms with E-state index in [0.29, 0.717) is 0 Å². The largest absolute Gasteiger partial charge is 0.313 e. The van der Waals surface area contributed by atoms with Crippen LogP contribution in [0, 0.1) is 5.92 Å². The third-order valence-electron chi connectivity index (χ3n) is 2.19. The van der Waals surface area contributed by atoms with Gasteiger partial charge in [-0.25, -0.2) is 0 Å². The van der Waals surface area contributed by atoms with E-state index in [-0.39, 0.29) is 0 Å². The van der Waals surface area contributed by atoms with Crippen molar-refractivity contribution in [3.8, 4) is 0 Å². The molecule has 0 aliphatic carbocycles. The van der Waals surface area contributed by atoms with Crippen LogP contribution in [0.25, 0.3) is 0 Å². The van der Waals surface area contributed by atoms with Crippen molar-refractivity contribution in [2.45, 2.75) is 33.2 Å². The molecule has 0 aromatic carbocycles. The van der Waals surface area contributed by atoms with Crippen molar-refractivity contribution in [1.29, 1.82) is 0 Å². The van der Waals surface area contributed by atoms with Crippen molar-refractivity contribution >= 4 is 0 Å². The van der Waals surface area contributed by atoms with Gasteiger partial charge in [0.05, 0.1) is 0 Å². The van der Waals surface area contributed by atoms with Crippen LogP contribution < -0.4 is 5.32 Å². The van der Waals surface area contributed by atoms with Gasteiger partial charge in [-0.2, -0.15) is 0 Å². The number of rotatable bonds is 6. The Hall–Kier alpha value is -0.890. The standard InChI is InChI=1S/C12H20N2/c1-11(2)5-3-7-13-9-12-6-4-8-14-10-12/h4,6,8,10-11,13H,3,5,7,9H2,1-2H3. The molecule has 0 fully saturated rings. The summed E-state index contributed by atoms with van der Waals surface area (Å²) in [6.45, 7) is 6.57. The molecule has 0 amide bonds. The summed E-state index contributed by atoms with van der Waals surface area (Å²) in [4.78, 5) is 4.07. The molecule has 1 heterocycles. The average Bonchev–Trinajstić information content (AvgIpc) is 2.18. The van der Waals surface area contributed by atoms with E-state index in [0.717, 1.165) is 19.0 Å². The molecule has 2 nitrogen and oxygen atoms in total. The van der Waals surface area contributed by atoms with Gasteiger partial charge in [0.2, 0.25) is 0 Å². The molecule has 0 atom stereocenters. The monoisotopic (exact) mass is 192 g/mol. The van der Waals surface area contributed by atoms with Crippen LogP contribution in [-0.4, -0.2) is 11.5 Å². The first kappa shape index (κ1) is 11.2. The highest BCUT2D eigenvalue weighted by Gasteiger charge is 1.94. The molecule has 0 aliphatic heterocycles. The van der Waals surface area contributed by atoms with Gasteiger partial charge in [0.25, 0.3) is 0 Å². The number of pyridine rings is 1. The maximum Gasteiger partial charge on any atom is 0.0312 e. The zero-order chi connectivity index (χ0) is 10.2. The molecule has 0 saturated heterocycles. The minimum absolute atomic E-state index is 0.815. The van der Waals surface area contributed by atoms with Gasteiger partial charge in [-0.3, -0.25) is 4.98 Å². The molecule has 1 N–H and O–H groups in total. The number of nitrogens with one attached hydrogen (secondary N) is 1. The summed E-state index contributed by atoms with van der Waals surface area (Å²) in [6.07, 6.45) is 6.29. The van der Waals surface area contributed by atoms with Gasteiger partial charge < -0.3 is 5.32 Å². The Morgan fingerprint density at radius 1 is 1.43 bits per heavy atom. The van der Waals surface area contributed by atoms with Crippen LogP contribution in [0.1, 0.15) is 32.3 Å². The van der Waals surface area contributed by atoms with E-state index in [9.17, 15) is 0 Å². The molecule has 1 aromatic heterocycles. The summed E-state index contributed by atoms with van der Waals surface area (Å²) >= 11 is 0. The fraction of sp³-hybridized carbons (Fsp3) is 0.583. The Morgan fingerprint density at radius 3 is 2.93 bits per heavy atom. The van der Waals surface area contributed by atoms with E-state index < -0.39 is 0 Å². The summed E-state index contributed by atoms with van der Waals surface area (Å²) in [5.41, 5.74) is 1.26. The maximum atomic E-state index is 4.07. The van der Waals surface area contributed by atoms with E-state index in [1.54, 1.807) is 0 Å². The summed E-state index contributed by atoms with van der Waals surface area (Å²) < 4.78 is 0. The molecule has 0 radical (unpaired) electrons. The van der Waals surface area contributed by atoms with Gasteiger partial charge in [0, 0.05) is 18.9 Å². The van der Waals surface area contributed by atoms with Crippen molar-refractivity contribution < 1.29 is 0 Å². The van der Waals surface area contributed by atoms with E-state index >= 15 is 0 Å². The van der Waals surface area contributed by atoms with Gasteiger partial charge in [0.15, 0.2) is 0 Å². The molecule has 0 aliphatic rings. The Labute approximate surface area is 86.8 Å². The third-order valence-corrected chi connectivity index (χ3v) is 2.19. The second kappa shape index (κ2) is 6.55. The first-order chi connectivity index (χ1) is 6.79. The molecular formula is C12H20N2. The molecule has 0 spiro atoms. The van der Waals surface area contributed by atoms with Crippen LogP contribution in [0.15, 0.2) is 24.5 Å². The minimum Gasteiger partial charge on any atom is -0.313 e. The third kappa shape index (κ3) is 4.97. The lowest BCUT2D eigenvalue weighted by molar-refractivity contribution is 0.527. The van der Waals surface area contributed by atoms with Gasteiger partial charge in [0.1, 0.15) is 0 Å². The molecule has 2 heteroatoms. The Morgan fingerprint density at radius 2 is 2.29 bits per heavy atom. The molecule has 0 bridgehead atoms. The van der Waals surface area contributed by atoms with Gasteiger partial charge in [-0.15, -0.1) is 0 Å². The van der Waals surface area contributed by atoms with Gasteiger partial charge in [-0.05, 0) is 36.9 Å². The second-order valence-corrected chi connectivity index (χ2v) is 4.07. The minimum atomic E-state index is 0.815. The van der Waals surface area contributed by atoms with Gasteiger partial charge >= 0.3 is 0 Å². The SMILES string of the molecule is CC(C)CCCNCc1cccnc1. The van der Waals surface area contributed by atoms with E-state index in [1.807, 2.05) is 18.5 Å². The predicted molar refractivity (Wildman–Crippen MR) is 60.0 cm³/mol. The van der Waals surface area contributed by atoms with Crippen LogP contribution in [0.4, 0.5) is 0 Å². The smallest absolute Gasteiger partial charge is 0.0312 e. The topological polar surface area (TPSA) is 24.9 Å². The van der Waals surface area contributed by atoms with Crippen LogP contribution in [-0.2, 0) is 6.54 Å². The van der Waals surface area contributed by atoms with Crippen LogP contribution in [0.2, 0.25) is 0 Å². The molecule has 1 aromatic rings. The summed E-state index contributed by atoms with van der Waals surface area (Å²) in [6, 6.07) is 4.08. The fourth-order valence-electron chi connectivity index (χ4n) is 1.37. The summed E-state index contributed by atoms with van der Waals surface area (Å²) in [5, 5.41) is 3.42. The Balaban J connectivity index is 2.05. The second-order valence-electron chi connectivity index (χ2n) is 4.07. The number of nitrogens with zero attached hydrogens (tertiary/aromatic N) is 1. The molecular weight excluding hydrogens is 172 g/mol.